The van der Waals surface area contributed by atoms with Gasteiger partial charge < -0.3 is 20.4 Å². The fourth-order valence-electron chi connectivity index (χ4n) is 5.12. The zero-order valence-electron chi connectivity index (χ0n) is 17.8. The summed E-state index contributed by atoms with van der Waals surface area (Å²) in [7, 11) is 1.79. The number of carbonyl (C=O) groups is 1. The van der Waals surface area contributed by atoms with Gasteiger partial charge in [-0.25, -0.2) is 8.78 Å². The number of primary amides is 1. The average Bonchev–Trinajstić information content (AvgIpc) is 3.41. The van der Waals surface area contributed by atoms with E-state index in [1.165, 1.54) is 17.0 Å². The summed E-state index contributed by atoms with van der Waals surface area (Å²) < 4.78 is 38.7. The molecule has 0 saturated heterocycles. The van der Waals surface area contributed by atoms with Gasteiger partial charge >= 0.3 is 0 Å². The smallest absolute Gasteiger partial charge is 0.223 e. The van der Waals surface area contributed by atoms with E-state index >= 15 is 8.78 Å². The number of amides is 1. The van der Waals surface area contributed by atoms with Gasteiger partial charge in [0.25, 0.3) is 0 Å². The molecule has 0 saturated carbocycles. The van der Waals surface area contributed by atoms with Crippen LogP contribution in [0, 0.1) is 11.7 Å². The first-order chi connectivity index (χ1) is 15.9. The summed E-state index contributed by atoms with van der Waals surface area (Å²) in [6.07, 6.45) is -0.0929. The number of aromatic nitrogens is 3. The number of benzene rings is 2. The van der Waals surface area contributed by atoms with Crippen LogP contribution in [0.2, 0.25) is 5.02 Å². The van der Waals surface area contributed by atoms with Crippen LogP contribution in [0.25, 0.3) is 0 Å². The number of alkyl halides is 1. The Morgan fingerprint density at radius 3 is 2.85 bits per heavy atom. The molecule has 33 heavy (non-hydrogen) atoms. The highest BCUT2D eigenvalue weighted by Crippen LogP contribution is 2.53. The maximum atomic E-state index is 15.8. The van der Waals surface area contributed by atoms with Gasteiger partial charge in [0, 0.05) is 37.1 Å². The quantitative estimate of drug-likeness (QED) is 0.594. The lowest BCUT2D eigenvalue weighted by molar-refractivity contribution is -0.124. The van der Waals surface area contributed by atoms with Crippen LogP contribution in [0.15, 0.2) is 42.7 Å². The Bertz CT molecular complexity index is 1220. The molecular weight excluding hydrogens is 452 g/mol. The largest absolute Gasteiger partial charge is 0.480 e. The van der Waals surface area contributed by atoms with Gasteiger partial charge in [-0.1, -0.05) is 41.9 Å². The molecule has 2 aliphatic rings. The van der Waals surface area contributed by atoms with Crippen molar-refractivity contribution in [3.63, 3.8) is 0 Å². The second-order valence-corrected chi connectivity index (χ2v) is 8.89. The predicted molar refractivity (Wildman–Crippen MR) is 117 cm³/mol. The van der Waals surface area contributed by atoms with Crippen LogP contribution in [-0.4, -0.2) is 34.3 Å². The first-order valence-corrected chi connectivity index (χ1v) is 10.9. The van der Waals surface area contributed by atoms with Crippen molar-refractivity contribution >= 4 is 17.5 Å². The van der Waals surface area contributed by atoms with Gasteiger partial charge in [-0.15, -0.1) is 10.2 Å². The normalized spacial score (nSPS) is 25.9. The number of halogens is 3. The summed E-state index contributed by atoms with van der Waals surface area (Å²) in [6, 6.07) is 10.7. The molecule has 2 aromatic carbocycles. The van der Waals surface area contributed by atoms with Gasteiger partial charge in [0.05, 0.1) is 10.9 Å². The van der Waals surface area contributed by atoms with Gasteiger partial charge in [0.15, 0.2) is 17.6 Å². The molecular formula is C23H22ClF2N5O2. The average molecular weight is 474 g/mol. The SMILES string of the molecule is CNC[C@@]1(c2ccccc2)Cc2c(cc(F)c(Cl)c2C2C(C(N)=O)Cn3cnnc3C2F)O1. The highest BCUT2D eigenvalue weighted by molar-refractivity contribution is 6.31. The van der Waals surface area contributed by atoms with Gasteiger partial charge in [-0.05, 0) is 18.2 Å². The van der Waals surface area contributed by atoms with Crippen LogP contribution in [-0.2, 0) is 23.4 Å². The molecule has 3 N–H and O–H groups in total. The van der Waals surface area contributed by atoms with E-state index < -0.39 is 35.3 Å². The first-order valence-electron chi connectivity index (χ1n) is 10.6. The van der Waals surface area contributed by atoms with Crippen molar-refractivity contribution in [2.75, 3.05) is 13.6 Å². The van der Waals surface area contributed by atoms with E-state index in [9.17, 15) is 4.79 Å². The van der Waals surface area contributed by atoms with Crippen molar-refractivity contribution in [2.24, 2.45) is 11.7 Å². The predicted octanol–water partition coefficient (Wildman–Crippen LogP) is 3.03. The van der Waals surface area contributed by atoms with Gasteiger partial charge in [0.2, 0.25) is 5.91 Å². The number of ether oxygens (including phenoxy) is 1. The summed E-state index contributed by atoms with van der Waals surface area (Å²) in [5.74, 6) is -3.23. The second-order valence-electron chi connectivity index (χ2n) is 8.51. The standard InChI is InChI=1S/C23H22ClF2N5O2/c1-28-10-23(12-5-3-2-4-6-12)8-13-16(33-23)7-15(25)19(24)17(13)18-14(21(27)32)9-31-11-29-30-22(31)20(18)26/h2-7,11,14,18,20,28H,8-10H2,1H3,(H2,27,32)/t14?,18?,20?,23-/m1/s1. The van der Waals surface area contributed by atoms with Crippen molar-refractivity contribution in [3.8, 4) is 5.75 Å². The second kappa shape index (κ2) is 8.07. The minimum absolute atomic E-state index is 0.0510. The third kappa shape index (κ3) is 3.38. The van der Waals surface area contributed by atoms with E-state index in [0.29, 0.717) is 18.5 Å². The first kappa shape index (κ1) is 21.8. The maximum absolute atomic E-state index is 15.8. The van der Waals surface area contributed by atoms with Crippen molar-refractivity contribution in [2.45, 2.75) is 30.7 Å². The Morgan fingerprint density at radius 2 is 2.15 bits per heavy atom. The molecule has 7 nitrogen and oxygen atoms in total. The molecule has 1 amide bonds. The molecule has 0 bridgehead atoms. The molecule has 0 aliphatic carbocycles. The third-order valence-corrected chi connectivity index (χ3v) is 6.97. The van der Waals surface area contributed by atoms with Gasteiger partial charge in [-0.3, -0.25) is 4.79 Å². The van der Waals surface area contributed by atoms with Crippen molar-refractivity contribution < 1.29 is 18.3 Å². The van der Waals surface area contributed by atoms with Crippen LogP contribution in [0.5, 0.6) is 5.75 Å². The van der Waals surface area contributed by atoms with E-state index in [0.717, 1.165) is 5.56 Å². The fraction of sp³-hybridized carbons (Fsp3) is 0.348. The van der Waals surface area contributed by atoms with Crippen LogP contribution < -0.4 is 15.8 Å². The number of nitrogens with two attached hydrogens (primary N) is 1. The summed E-state index contributed by atoms with van der Waals surface area (Å²) in [5.41, 5.74) is 6.46. The van der Waals surface area contributed by atoms with E-state index in [1.54, 1.807) is 7.05 Å². The molecule has 3 aromatic rings. The zero-order chi connectivity index (χ0) is 23.3. The molecule has 172 valence electrons. The van der Waals surface area contributed by atoms with E-state index in [4.69, 9.17) is 22.1 Å². The molecule has 0 fully saturated rings. The van der Waals surface area contributed by atoms with Crippen LogP contribution in [0.4, 0.5) is 8.78 Å². The molecule has 0 spiro atoms. The molecule has 2 aliphatic heterocycles. The van der Waals surface area contributed by atoms with Crippen LogP contribution >= 0.6 is 11.6 Å². The summed E-state index contributed by atoms with van der Waals surface area (Å²) >= 11 is 6.45. The zero-order valence-corrected chi connectivity index (χ0v) is 18.5. The van der Waals surface area contributed by atoms with Gasteiger partial charge in [-0.2, -0.15) is 0 Å². The minimum Gasteiger partial charge on any atom is -0.480 e. The number of likely N-dealkylation sites (N-methyl/N-ethyl adjacent to an activating group) is 1. The molecule has 3 heterocycles. The number of hydrogen-bond donors (Lipinski definition) is 2. The Morgan fingerprint density at radius 1 is 1.39 bits per heavy atom. The summed E-state index contributed by atoms with van der Waals surface area (Å²) in [6.45, 7) is 0.493. The molecule has 5 rings (SSSR count). The number of carbonyl (C=O) groups excluding carboxylic acids is 1. The number of rotatable bonds is 5. The van der Waals surface area contributed by atoms with E-state index in [2.05, 4.69) is 15.5 Å². The van der Waals surface area contributed by atoms with E-state index in [-0.39, 0.29) is 28.7 Å². The Balaban J connectivity index is 1.68. The molecule has 4 atom stereocenters. The number of nitrogens with one attached hydrogen (secondary N) is 1. The molecule has 3 unspecified atom stereocenters. The number of nitrogens with zero attached hydrogens (tertiary/aromatic N) is 3. The number of hydrogen-bond acceptors (Lipinski definition) is 5. The monoisotopic (exact) mass is 473 g/mol. The summed E-state index contributed by atoms with van der Waals surface area (Å²) in [4.78, 5) is 12.4. The lowest BCUT2D eigenvalue weighted by atomic mass is 9.76. The van der Waals surface area contributed by atoms with Crippen LogP contribution in [0.1, 0.15) is 34.6 Å². The van der Waals surface area contributed by atoms with Gasteiger partial charge in [0.1, 0.15) is 17.9 Å². The topological polar surface area (TPSA) is 95.1 Å². The summed E-state index contributed by atoms with van der Waals surface area (Å²) in [5, 5.41) is 10.5. The van der Waals surface area contributed by atoms with Crippen molar-refractivity contribution in [3.05, 3.63) is 76.1 Å². The highest BCUT2D eigenvalue weighted by atomic mass is 35.5. The van der Waals surface area contributed by atoms with Crippen LogP contribution in [0.3, 0.4) is 0 Å². The van der Waals surface area contributed by atoms with Crippen molar-refractivity contribution in [1.82, 2.24) is 20.1 Å². The Hall–Kier alpha value is -3.04. The lowest BCUT2D eigenvalue weighted by Gasteiger charge is -2.34. The highest BCUT2D eigenvalue weighted by Gasteiger charge is 2.49. The van der Waals surface area contributed by atoms with Crippen molar-refractivity contribution in [1.29, 1.82) is 0 Å². The Kier molecular flexibility index (Phi) is 5.33. The molecule has 10 heteroatoms. The minimum atomic E-state index is -1.75. The molecule has 0 radical (unpaired) electrons. The molecule has 1 aromatic heterocycles. The maximum Gasteiger partial charge on any atom is 0.223 e. The Labute approximate surface area is 193 Å². The lowest BCUT2D eigenvalue weighted by Crippen LogP contribution is -2.41. The fourth-order valence-corrected chi connectivity index (χ4v) is 5.42. The van der Waals surface area contributed by atoms with E-state index in [1.807, 2.05) is 30.3 Å². The number of fused-ring (bicyclic) bond motifs is 2. The third-order valence-electron chi connectivity index (χ3n) is 6.59.